The molecule has 1 unspecified atom stereocenters. The maximum absolute atomic E-state index is 11.8. The molecule has 0 bridgehead atoms. The van der Waals surface area contributed by atoms with E-state index in [1.165, 1.54) is 11.8 Å². The van der Waals surface area contributed by atoms with Crippen molar-refractivity contribution in [2.75, 3.05) is 0 Å². The third-order valence-electron chi connectivity index (χ3n) is 2.85. The van der Waals surface area contributed by atoms with Crippen LogP contribution in [0.15, 0.2) is 29.2 Å². The van der Waals surface area contributed by atoms with Crippen molar-refractivity contribution < 1.29 is 9.59 Å². The van der Waals surface area contributed by atoms with Crippen molar-refractivity contribution in [1.29, 1.82) is 0 Å². The lowest BCUT2D eigenvalue weighted by Crippen LogP contribution is -2.32. The SMILES string of the molecule is CC(=O)c1cccc(SC(C)C(=O)NC2CC2)c1. The van der Waals surface area contributed by atoms with Gasteiger partial charge in [0.15, 0.2) is 5.78 Å². The van der Waals surface area contributed by atoms with Crippen LogP contribution in [0.3, 0.4) is 0 Å². The van der Waals surface area contributed by atoms with E-state index in [2.05, 4.69) is 5.32 Å². The van der Waals surface area contributed by atoms with E-state index in [4.69, 9.17) is 0 Å². The first kappa shape index (κ1) is 13.1. The number of carbonyl (C=O) groups is 2. The quantitative estimate of drug-likeness (QED) is 0.656. The van der Waals surface area contributed by atoms with Crippen molar-refractivity contribution in [3.63, 3.8) is 0 Å². The monoisotopic (exact) mass is 263 g/mol. The number of hydrogen-bond donors (Lipinski definition) is 1. The lowest BCUT2D eigenvalue weighted by atomic mass is 10.2. The fourth-order valence-corrected chi connectivity index (χ4v) is 2.53. The van der Waals surface area contributed by atoms with Gasteiger partial charge in [0, 0.05) is 16.5 Å². The van der Waals surface area contributed by atoms with Gasteiger partial charge in [-0.1, -0.05) is 12.1 Å². The smallest absolute Gasteiger partial charge is 0.233 e. The number of nitrogens with one attached hydrogen (secondary N) is 1. The van der Waals surface area contributed by atoms with E-state index in [1.807, 2.05) is 25.1 Å². The van der Waals surface area contributed by atoms with E-state index in [0.717, 1.165) is 17.7 Å². The number of Topliss-reactive ketones (excluding diaryl/α,β-unsaturated/α-hetero) is 1. The summed E-state index contributed by atoms with van der Waals surface area (Å²) in [7, 11) is 0. The summed E-state index contributed by atoms with van der Waals surface area (Å²) in [5.41, 5.74) is 0.690. The average Bonchev–Trinajstić information content (AvgIpc) is 3.13. The van der Waals surface area contributed by atoms with Gasteiger partial charge in [-0.15, -0.1) is 11.8 Å². The molecule has 3 nitrogen and oxygen atoms in total. The highest BCUT2D eigenvalue weighted by atomic mass is 32.2. The first-order chi connectivity index (χ1) is 8.56. The van der Waals surface area contributed by atoms with Crippen LogP contribution in [-0.4, -0.2) is 23.0 Å². The zero-order chi connectivity index (χ0) is 13.1. The fraction of sp³-hybridized carbons (Fsp3) is 0.429. The highest BCUT2D eigenvalue weighted by molar-refractivity contribution is 8.00. The Hall–Kier alpha value is -1.29. The molecule has 1 amide bonds. The van der Waals surface area contributed by atoms with E-state index in [-0.39, 0.29) is 16.9 Å². The number of rotatable bonds is 5. The van der Waals surface area contributed by atoms with Gasteiger partial charge in [-0.2, -0.15) is 0 Å². The molecule has 1 aromatic carbocycles. The molecule has 0 aliphatic heterocycles. The Bertz CT molecular complexity index is 469. The van der Waals surface area contributed by atoms with Gasteiger partial charge < -0.3 is 5.32 Å². The largest absolute Gasteiger partial charge is 0.352 e. The first-order valence-corrected chi connectivity index (χ1v) is 7.02. The van der Waals surface area contributed by atoms with Crippen LogP contribution in [0, 0.1) is 0 Å². The summed E-state index contributed by atoms with van der Waals surface area (Å²) in [6.07, 6.45) is 2.20. The summed E-state index contributed by atoms with van der Waals surface area (Å²) in [6.45, 7) is 3.44. The molecule has 0 heterocycles. The molecule has 2 rings (SSSR count). The number of ketones is 1. The molecule has 0 aromatic heterocycles. The number of carbonyl (C=O) groups excluding carboxylic acids is 2. The standard InChI is InChI=1S/C14H17NO2S/c1-9(16)11-4-3-5-13(8-11)18-10(2)14(17)15-12-6-7-12/h3-5,8,10,12H,6-7H2,1-2H3,(H,15,17). The Kier molecular flexibility index (Phi) is 4.07. The van der Waals surface area contributed by atoms with E-state index < -0.39 is 0 Å². The summed E-state index contributed by atoms with van der Waals surface area (Å²) in [5.74, 6) is 0.128. The van der Waals surface area contributed by atoms with Crippen molar-refractivity contribution in [3.8, 4) is 0 Å². The van der Waals surface area contributed by atoms with Crippen LogP contribution in [0.1, 0.15) is 37.0 Å². The normalized spacial score (nSPS) is 16.1. The summed E-state index contributed by atoms with van der Waals surface area (Å²) in [5, 5.41) is 2.85. The highest BCUT2D eigenvalue weighted by Crippen LogP contribution is 2.26. The topological polar surface area (TPSA) is 46.2 Å². The molecule has 96 valence electrons. The molecule has 1 fully saturated rings. The Morgan fingerprint density at radius 1 is 1.39 bits per heavy atom. The minimum absolute atomic E-state index is 0.0486. The molecule has 1 N–H and O–H groups in total. The van der Waals surface area contributed by atoms with Gasteiger partial charge in [0.25, 0.3) is 0 Å². The molecule has 0 saturated heterocycles. The zero-order valence-electron chi connectivity index (χ0n) is 10.6. The maximum atomic E-state index is 11.8. The number of hydrogen-bond acceptors (Lipinski definition) is 3. The van der Waals surface area contributed by atoms with Gasteiger partial charge >= 0.3 is 0 Å². The second-order valence-electron chi connectivity index (χ2n) is 4.63. The molecule has 1 aromatic rings. The van der Waals surface area contributed by atoms with Crippen molar-refractivity contribution in [2.45, 2.75) is 42.9 Å². The second kappa shape index (κ2) is 5.57. The molecule has 1 saturated carbocycles. The Morgan fingerprint density at radius 3 is 2.72 bits per heavy atom. The zero-order valence-corrected chi connectivity index (χ0v) is 11.4. The molecule has 4 heteroatoms. The van der Waals surface area contributed by atoms with Gasteiger partial charge in [-0.25, -0.2) is 0 Å². The lowest BCUT2D eigenvalue weighted by molar-refractivity contribution is -0.120. The van der Waals surface area contributed by atoms with Crippen molar-refractivity contribution >= 4 is 23.5 Å². The number of benzene rings is 1. The van der Waals surface area contributed by atoms with E-state index in [1.54, 1.807) is 13.0 Å². The predicted molar refractivity (Wildman–Crippen MR) is 72.9 cm³/mol. The molecule has 1 aliphatic carbocycles. The Balaban J connectivity index is 1.96. The summed E-state index contributed by atoms with van der Waals surface area (Å²) in [4.78, 5) is 24.1. The molecule has 0 radical (unpaired) electrons. The van der Waals surface area contributed by atoms with Gasteiger partial charge in [0.05, 0.1) is 5.25 Å². The summed E-state index contributed by atoms with van der Waals surface area (Å²) < 4.78 is 0. The fourth-order valence-electron chi connectivity index (χ4n) is 1.59. The summed E-state index contributed by atoms with van der Waals surface area (Å²) in [6, 6.07) is 7.81. The molecular weight excluding hydrogens is 246 g/mol. The molecule has 0 spiro atoms. The van der Waals surface area contributed by atoms with Gasteiger partial charge in [0.2, 0.25) is 5.91 Å². The predicted octanol–water partition coefficient (Wildman–Crippen LogP) is 2.65. The second-order valence-corrected chi connectivity index (χ2v) is 6.04. The number of thioether (sulfide) groups is 1. The molecular formula is C14H17NO2S. The van der Waals surface area contributed by atoms with Crippen LogP contribution in [-0.2, 0) is 4.79 Å². The van der Waals surface area contributed by atoms with Gasteiger partial charge in [-0.3, -0.25) is 9.59 Å². The van der Waals surface area contributed by atoms with Crippen LogP contribution >= 0.6 is 11.8 Å². The molecule has 1 atom stereocenters. The average molecular weight is 263 g/mol. The van der Waals surface area contributed by atoms with Crippen molar-refractivity contribution in [3.05, 3.63) is 29.8 Å². The lowest BCUT2D eigenvalue weighted by Gasteiger charge is -2.11. The van der Waals surface area contributed by atoms with E-state index in [0.29, 0.717) is 11.6 Å². The first-order valence-electron chi connectivity index (χ1n) is 6.14. The van der Waals surface area contributed by atoms with Crippen LogP contribution < -0.4 is 5.32 Å². The third kappa shape index (κ3) is 3.60. The van der Waals surface area contributed by atoms with Gasteiger partial charge in [-0.05, 0) is 38.8 Å². The number of amides is 1. The van der Waals surface area contributed by atoms with Crippen LogP contribution in [0.4, 0.5) is 0 Å². The molecule has 18 heavy (non-hydrogen) atoms. The molecule has 1 aliphatic rings. The van der Waals surface area contributed by atoms with E-state index in [9.17, 15) is 9.59 Å². The highest BCUT2D eigenvalue weighted by Gasteiger charge is 2.25. The van der Waals surface area contributed by atoms with Crippen LogP contribution in [0.5, 0.6) is 0 Å². The Labute approximate surface area is 111 Å². The third-order valence-corrected chi connectivity index (χ3v) is 3.94. The van der Waals surface area contributed by atoms with Crippen molar-refractivity contribution in [2.24, 2.45) is 0 Å². The van der Waals surface area contributed by atoms with Crippen LogP contribution in [0.2, 0.25) is 0 Å². The summed E-state index contributed by atoms with van der Waals surface area (Å²) >= 11 is 1.49. The minimum atomic E-state index is -0.132. The van der Waals surface area contributed by atoms with Gasteiger partial charge in [0.1, 0.15) is 0 Å². The van der Waals surface area contributed by atoms with E-state index >= 15 is 0 Å². The van der Waals surface area contributed by atoms with Crippen molar-refractivity contribution in [1.82, 2.24) is 5.32 Å². The minimum Gasteiger partial charge on any atom is -0.352 e. The van der Waals surface area contributed by atoms with Crippen LogP contribution in [0.25, 0.3) is 0 Å². The maximum Gasteiger partial charge on any atom is 0.233 e. The Morgan fingerprint density at radius 2 is 2.11 bits per heavy atom.